The zero-order chi connectivity index (χ0) is 11.3. The number of hydrogen-bond acceptors (Lipinski definition) is 1. The van der Waals surface area contributed by atoms with E-state index in [4.69, 9.17) is 0 Å². The third-order valence-corrected chi connectivity index (χ3v) is 2.78. The Morgan fingerprint density at radius 1 is 1.07 bits per heavy atom. The van der Waals surface area contributed by atoms with Crippen LogP contribution in [0.15, 0.2) is 24.3 Å². The number of nitrogens with one attached hydrogen (secondary N) is 1. The summed E-state index contributed by atoms with van der Waals surface area (Å²) < 4.78 is 0. The molecular weight excluding hydrogens is 182 g/mol. The van der Waals surface area contributed by atoms with E-state index in [9.17, 15) is 0 Å². The van der Waals surface area contributed by atoms with Crippen LogP contribution in [0.4, 0.5) is 0 Å². The molecule has 0 aliphatic carbocycles. The average Bonchev–Trinajstić information content (AvgIpc) is 2.18. The van der Waals surface area contributed by atoms with Gasteiger partial charge >= 0.3 is 0 Å². The van der Waals surface area contributed by atoms with Gasteiger partial charge in [0.15, 0.2) is 0 Å². The van der Waals surface area contributed by atoms with Gasteiger partial charge in [-0.15, -0.1) is 0 Å². The molecule has 0 aliphatic heterocycles. The second-order valence-electron chi connectivity index (χ2n) is 4.76. The summed E-state index contributed by atoms with van der Waals surface area (Å²) in [5.41, 5.74) is 2.88. The maximum Gasteiger partial charge on any atom is -0.00230 e. The highest BCUT2D eigenvalue weighted by atomic mass is 14.8. The maximum absolute atomic E-state index is 3.22. The molecule has 0 aromatic heterocycles. The van der Waals surface area contributed by atoms with E-state index < -0.39 is 0 Å². The Labute approximate surface area is 93.9 Å². The van der Waals surface area contributed by atoms with Gasteiger partial charge in [0.05, 0.1) is 0 Å². The Morgan fingerprint density at radius 2 is 1.67 bits per heavy atom. The minimum atomic E-state index is 0.633. The summed E-state index contributed by atoms with van der Waals surface area (Å²) in [7, 11) is 2.01. The molecule has 1 atom stereocenters. The molecule has 1 nitrogen and oxygen atoms in total. The molecule has 0 radical (unpaired) electrons. The van der Waals surface area contributed by atoms with Crippen LogP contribution in [0, 0.1) is 5.92 Å². The van der Waals surface area contributed by atoms with Crippen LogP contribution in [-0.2, 0) is 6.42 Å². The molecule has 15 heavy (non-hydrogen) atoms. The molecule has 0 amide bonds. The van der Waals surface area contributed by atoms with Crippen LogP contribution in [0.1, 0.15) is 37.8 Å². The van der Waals surface area contributed by atoms with Crippen molar-refractivity contribution in [3.8, 4) is 0 Å². The van der Waals surface area contributed by atoms with Crippen molar-refractivity contribution in [1.29, 1.82) is 0 Å². The first-order valence-electron chi connectivity index (χ1n) is 5.87. The molecule has 1 rings (SSSR count). The highest BCUT2D eigenvalue weighted by Gasteiger charge is 2.03. The fourth-order valence-electron chi connectivity index (χ4n) is 1.86. The van der Waals surface area contributed by atoms with Crippen molar-refractivity contribution in [2.24, 2.45) is 5.92 Å². The lowest BCUT2D eigenvalue weighted by Crippen LogP contribution is -2.17. The summed E-state index contributed by atoms with van der Waals surface area (Å²) in [6.07, 6.45) is 1.17. The van der Waals surface area contributed by atoms with Gasteiger partial charge in [-0.3, -0.25) is 0 Å². The van der Waals surface area contributed by atoms with Crippen LogP contribution in [0.5, 0.6) is 0 Å². The van der Waals surface area contributed by atoms with Crippen LogP contribution in [0.25, 0.3) is 0 Å². The molecule has 1 aromatic carbocycles. The Morgan fingerprint density at radius 3 is 2.13 bits per heavy atom. The summed E-state index contributed by atoms with van der Waals surface area (Å²) in [5, 5.41) is 3.22. The summed E-state index contributed by atoms with van der Waals surface area (Å²) >= 11 is 0. The van der Waals surface area contributed by atoms with Gasteiger partial charge in [0, 0.05) is 0 Å². The summed E-state index contributed by atoms with van der Waals surface area (Å²) in [6.45, 7) is 7.84. The van der Waals surface area contributed by atoms with Crippen LogP contribution < -0.4 is 5.32 Å². The summed E-state index contributed by atoms with van der Waals surface area (Å²) in [5.74, 6) is 1.34. The van der Waals surface area contributed by atoms with Crippen molar-refractivity contribution in [1.82, 2.24) is 5.32 Å². The Hall–Kier alpha value is -0.820. The highest BCUT2D eigenvalue weighted by Crippen LogP contribution is 2.16. The van der Waals surface area contributed by atoms with E-state index in [2.05, 4.69) is 50.4 Å². The maximum atomic E-state index is 3.22. The summed E-state index contributed by atoms with van der Waals surface area (Å²) in [4.78, 5) is 0. The van der Waals surface area contributed by atoms with Gasteiger partial charge in [-0.25, -0.2) is 0 Å². The molecule has 1 N–H and O–H groups in total. The highest BCUT2D eigenvalue weighted by molar-refractivity contribution is 5.24. The van der Waals surface area contributed by atoms with Crippen molar-refractivity contribution in [3.63, 3.8) is 0 Å². The van der Waals surface area contributed by atoms with E-state index in [1.807, 2.05) is 7.05 Å². The molecule has 0 aliphatic rings. The smallest absolute Gasteiger partial charge is 0.00230 e. The molecule has 0 spiro atoms. The minimum absolute atomic E-state index is 0.633. The van der Waals surface area contributed by atoms with Crippen molar-refractivity contribution in [2.45, 2.75) is 33.1 Å². The molecule has 0 heterocycles. The molecule has 0 bridgehead atoms. The van der Waals surface area contributed by atoms with E-state index in [0.717, 1.165) is 6.54 Å². The quantitative estimate of drug-likeness (QED) is 0.778. The third kappa shape index (κ3) is 4.05. The fourth-order valence-corrected chi connectivity index (χ4v) is 1.86. The van der Waals surface area contributed by atoms with Gasteiger partial charge in [-0.1, -0.05) is 45.0 Å². The standard InChI is InChI=1S/C14H23N/c1-11(2)14-7-5-13(6-8-14)9-12(3)10-15-4/h5-8,11-12,15H,9-10H2,1-4H3. The van der Waals surface area contributed by atoms with Gasteiger partial charge in [-0.05, 0) is 43.0 Å². The fraction of sp³-hybridized carbons (Fsp3) is 0.571. The first kappa shape index (κ1) is 12.3. The number of rotatable bonds is 5. The van der Waals surface area contributed by atoms with Crippen molar-refractivity contribution in [2.75, 3.05) is 13.6 Å². The third-order valence-electron chi connectivity index (χ3n) is 2.78. The van der Waals surface area contributed by atoms with Crippen molar-refractivity contribution in [3.05, 3.63) is 35.4 Å². The predicted molar refractivity (Wildman–Crippen MR) is 67.3 cm³/mol. The first-order chi connectivity index (χ1) is 7.13. The zero-order valence-electron chi connectivity index (χ0n) is 10.4. The second-order valence-corrected chi connectivity index (χ2v) is 4.76. The van der Waals surface area contributed by atoms with Crippen LogP contribution in [-0.4, -0.2) is 13.6 Å². The molecule has 1 unspecified atom stereocenters. The molecular formula is C14H23N. The van der Waals surface area contributed by atoms with Crippen molar-refractivity contribution < 1.29 is 0 Å². The van der Waals surface area contributed by atoms with Crippen LogP contribution in [0.3, 0.4) is 0 Å². The van der Waals surface area contributed by atoms with E-state index in [1.54, 1.807) is 0 Å². The lowest BCUT2D eigenvalue weighted by Gasteiger charge is -2.11. The van der Waals surface area contributed by atoms with Crippen LogP contribution in [0.2, 0.25) is 0 Å². The van der Waals surface area contributed by atoms with Crippen molar-refractivity contribution >= 4 is 0 Å². The second kappa shape index (κ2) is 5.92. The predicted octanol–water partition coefficient (Wildman–Crippen LogP) is 3.21. The van der Waals surface area contributed by atoms with Gasteiger partial charge in [0.2, 0.25) is 0 Å². The number of hydrogen-bond donors (Lipinski definition) is 1. The van der Waals surface area contributed by atoms with Gasteiger partial charge in [-0.2, -0.15) is 0 Å². The van der Waals surface area contributed by atoms with Gasteiger partial charge in [0.25, 0.3) is 0 Å². The van der Waals surface area contributed by atoms with Gasteiger partial charge in [0.1, 0.15) is 0 Å². The minimum Gasteiger partial charge on any atom is -0.319 e. The molecule has 1 heteroatoms. The largest absolute Gasteiger partial charge is 0.319 e. The normalized spacial score (nSPS) is 13.1. The monoisotopic (exact) mass is 205 g/mol. The van der Waals surface area contributed by atoms with E-state index >= 15 is 0 Å². The van der Waals surface area contributed by atoms with E-state index in [-0.39, 0.29) is 0 Å². The van der Waals surface area contributed by atoms with Gasteiger partial charge < -0.3 is 5.32 Å². The lowest BCUT2D eigenvalue weighted by molar-refractivity contribution is 0.541. The molecule has 0 saturated heterocycles. The molecule has 0 fully saturated rings. The van der Waals surface area contributed by atoms with E-state index in [1.165, 1.54) is 17.5 Å². The van der Waals surface area contributed by atoms with Crippen LogP contribution >= 0.6 is 0 Å². The zero-order valence-corrected chi connectivity index (χ0v) is 10.4. The SMILES string of the molecule is CNCC(C)Cc1ccc(C(C)C)cc1. The Bertz CT molecular complexity index is 274. The Balaban J connectivity index is 2.56. The molecule has 84 valence electrons. The Kier molecular flexibility index (Phi) is 4.83. The molecule has 1 aromatic rings. The lowest BCUT2D eigenvalue weighted by atomic mass is 9.97. The summed E-state index contributed by atoms with van der Waals surface area (Å²) in [6, 6.07) is 9.04. The molecule has 0 saturated carbocycles. The topological polar surface area (TPSA) is 12.0 Å². The number of benzene rings is 1. The average molecular weight is 205 g/mol. The van der Waals surface area contributed by atoms with E-state index in [0.29, 0.717) is 11.8 Å². The first-order valence-corrected chi connectivity index (χ1v) is 5.87.